The van der Waals surface area contributed by atoms with E-state index in [1.54, 1.807) is 18.2 Å². The van der Waals surface area contributed by atoms with Gasteiger partial charge < -0.3 is 25.1 Å². The second kappa shape index (κ2) is 7.02. The van der Waals surface area contributed by atoms with Crippen molar-refractivity contribution in [3.05, 3.63) is 53.6 Å². The summed E-state index contributed by atoms with van der Waals surface area (Å²) in [5, 5.41) is 31.3. The van der Waals surface area contributed by atoms with E-state index in [1.165, 1.54) is 24.3 Å². The molecule has 8 heteroatoms. The van der Waals surface area contributed by atoms with Gasteiger partial charge in [-0.15, -0.1) is 0 Å². The van der Waals surface area contributed by atoms with E-state index in [9.17, 15) is 19.9 Å². The molecule has 0 saturated carbocycles. The lowest BCUT2D eigenvalue weighted by atomic mass is 10.00. The lowest BCUT2D eigenvalue weighted by molar-refractivity contribution is 0.168. The summed E-state index contributed by atoms with van der Waals surface area (Å²) >= 11 is 0. The molecule has 0 fully saturated rings. The summed E-state index contributed by atoms with van der Waals surface area (Å²) in [6.45, 7) is 0. The van der Waals surface area contributed by atoms with Gasteiger partial charge >= 0.3 is 7.75 Å². The molecule has 0 aliphatic rings. The first-order valence-electron chi connectivity index (χ1n) is 6.87. The highest BCUT2D eigenvalue weighted by molar-refractivity contribution is 7.53. The lowest BCUT2D eigenvalue weighted by Crippen LogP contribution is -2.05. The third-order valence-corrected chi connectivity index (χ3v) is 3.81. The highest BCUT2D eigenvalue weighted by atomic mass is 31.2. The van der Waals surface area contributed by atoms with Gasteiger partial charge in [0.1, 0.15) is 11.5 Å². The summed E-state index contributed by atoms with van der Waals surface area (Å²) in [5.41, 5.74) is 1.06. The minimum atomic E-state index is -4.53. The Labute approximate surface area is 133 Å². The monoisotopic (exact) mass is 339 g/mol. The van der Waals surface area contributed by atoms with Gasteiger partial charge in [0.15, 0.2) is 0 Å². The maximum atomic E-state index is 11.1. The van der Waals surface area contributed by atoms with Gasteiger partial charge in [-0.2, -0.15) is 0 Å². The quantitative estimate of drug-likeness (QED) is 0.352. The van der Waals surface area contributed by atoms with Crippen molar-refractivity contribution in [2.75, 3.05) is 5.09 Å². The summed E-state index contributed by atoms with van der Waals surface area (Å²) in [5.74, 6) is 0.00543. The average molecular weight is 339 g/mol. The van der Waals surface area contributed by atoms with E-state index in [-0.39, 0.29) is 29.2 Å². The maximum absolute atomic E-state index is 11.1. The lowest BCUT2D eigenvalue weighted by Gasteiger charge is -2.18. The van der Waals surface area contributed by atoms with Crippen LogP contribution in [0.4, 0.5) is 5.69 Å². The Hall–Kier alpha value is -2.05. The second-order valence-corrected chi connectivity index (χ2v) is 6.46. The Morgan fingerprint density at radius 1 is 1.04 bits per heavy atom. The molecule has 0 saturated heterocycles. The zero-order valence-corrected chi connectivity index (χ0v) is 13.0. The van der Waals surface area contributed by atoms with Crippen LogP contribution in [-0.2, 0) is 11.0 Å². The van der Waals surface area contributed by atoms with Gasteiger partial charge in [0.2, 0.25) is 0 Å². The van der Waals surface area contributed by atoms with Gasteiger partial charge in [-0.25, -0.2) is 4.57 Å². The number of anilines is 1. The van der Waals surface area contributed by atoms with E-state index >= 15 is 0 Å². The molecule has 2 aromatic rings. The molecular weight excluding hydrogens is 321 g/mol. The third kappa shape index (κ3) is 5.26. The molecule has 124 valence electrons. The van der Waals surface area contributed by atoms with E-state index in [2.05, 4.69) is 0 Å². The molecule has 23 heavy (non-hydrogen) atoms. The number of phenols is 2. The Kier molecular flexibility index (Phi) is 5.28. The van der Waals surface area contributed by atoms with Crippen molar-refractivity contribution in [1.29, 1.82) is 0 Å². The molecule has 0 heterocycles. The molecule has 0 bridgehead atoms. The fourth-order valence-electron chi connectivity index (χ4n) is 2.26. The Morgan fingerprint density at radius 3 is 2.39 bits per heavy atom. The number of hydrogen-bond donors (Lipinski definition) is 6. The summed E-state index contributed by atoms with van der Waals surface area (Å²) in [6.07, 6.45) is -0.345. The minimum absolute atomic E-state index is 0.0551. The predicted octanol–water partition coefficient (Wildman–Crippen LogP) is 2.27. The SMILES string of the molecule is O=P(O)(O)Nc1ccc(O)cc1C(O)CCc1cccc(O)c1. The van der Waals surface area contributed by atoms with E-state index in [0.29, 0.717) is 6.42 Å². The van der Waals surface area contributed by atoms with Gasteiger partial charge in [-0.3, -0.25) is 5.09 Å². The number of aromatic hydroxyl groups is 2. The van der Waals surface area contributed by atoms with Crippen LogP contribution in [0, 0.1) is 0 Å². The molecule has 0 spiro atoms. The first kappa shape index (κ1) is 17.3. The number of aryl methyl sites for hydroxylation is 1. The van der Waals surface area contributed by atoms with Crippen LogP contribution in [0.5, 0.6) is 11.5 Å². The van der Waals surface area contributed by atoms with Crippen LogP contribution in [-0.4, -0.2) is 25.1 Å². The highest BCUT2D eigenvalue weighted by Crippen LogP contribution is 2.39. The Morgan fingerprint density at radius 2 is 1.74 bits per heavy atom. The molecule has 0 aromatic heterocycles. The second-order valence-electron chi connectivity index (χ2n) is 5.15. The molecule has 1 atom stereocenters. The molecule has 0 aliphatic heterocycles. The zero-order valence-electron chi connectivity index (χ0n) is 12.1. The van der Waals surface area contributed by atoms with Crippen LogP contribution < -0.4 is 5.09 Å². The molecule has 2 rings (SSSR count). The molecule has 7 nitrogen and oxygen atoms in total. The van der Waals surface area contributed by atoms with Crippen molar-refractivity contribution in [3.63, 3.8) is 0 Å². The largest absolute Gasteiger partial charge is 0.508 e. The van der Waals surface area contributed by atoms with Gasteiger partial charge in [0.05, 0.1) is 6.10 Å². The van der Waals surface area contributed by atoms with Gasteiger partial charge in [-0.1, -0.05) is 12.1 Å². The number of hydrogen-bond acceptors (Lipinski definition) is 4. The standard InChI is InChI=1S/C15H18NO6P/c17-11-3-1-2-10(8-11)4-7-15(19)13-9-12(18)5-6-14(13)16-23(20,21)22/h1-3,5-6,8-9,15,17-19H,4,7H2,(H3,16,20,21,22). The first-order valence-corrected chi connectivity index (χ1v) is 8.48. The molecule has 6 N–H and O–H groups in total. The number of rotatable bonds is 6. The van der Waals surface area contributed by atoms with Crippen molar-refractivity contribution in [2.24, 2.45) is 0 Å². The predicted molar refractivity (Wildman–Crippen MR) is 85.2 cm³/mol. The molecule has 2 aromatic carbocycles. The van der Waals surface area contributed by atoms with Crippen LogP contribution in [0.15, 0.2) is 42.5 Å². The summed E-state index contributed by atoms with van der Waals surface area (Å²) in [4.78, 5) is 18.0. The van der Waals surface area contributed by atoms with Crippen LogP contribution in [0.3, 0.4) is 0 Å². The fourth-order valence-corrected chi connectivity index (χ4v) is 2.77. The van der Waals surface area contributed by atoms with E-state index in [0.717, 1.165) is 5.56 Å². The maximum Gasteiger partial charge on any atom is 0.427 e. The van der Waals surface area contributed by atoms with E-state index in [4.69, 9.17) is 9.79 Å². The van der Waals surface area contributed by atoms with E-state index in [1.807, 2.05) is 5.09 Å². The van der Waals surface area contributed by atoms with Crippen molar-refractivity contribution in [3.8, 4) is 11.5 Å². The molecule has 1 unspecified atom stereocenters. The average Bonchev–Trinajstić information content (AvgIpc) is 2.45. The van der Waals surface area contributed by atoms with Gasteiger partial charge in [0, 0.05) is 11.3 Å². The Balaban J connectivity index is 2.16. The molecule has 0 amide bonds. The summed E-state index contributed by atoms with van der Waals surface area (Å²) < 4.78 is 11.1. The molecule has 0 radical (unpaired) electrons. The number of benzene rings is 2. The van der Waals surface area contributed by atoms with Crippen molar-refractivity contribution >= 4 is 13.4 Å². The minimum Gasteiger partial charge on any atom is -0.508 e. The van der Waals surface area contributed by atoms with Crippen LogP contribution in [0.1, 0.15) is 23.7 Å². The van der Waals surface area contributed by atoms with Crippen molar-refractivity contribution in [1.82, 2.24) is 0 Å². The first-order chi connectivity index (χ1) is 10.7. The number of aliphatic hydroxyl groups is 1. The summed E-state index contributed by atoms with van der Waals surface area (Å²) in [7, 11) is -4.53. The normalized spacial score (nSPS) is 12.8. The van der Waals surface area contributed by atoms with Crippen molar-refractivity contribution in [2.45, 2.75) is 18.9 Å². The number of nitrogens with one attached hydrogen (secondary N) is 1. The van der Waals surface area contributed by atoms with Crippen LogP contribution in [0.25, 0.3) is 0 Å². The van der Waals surface area contributed by atoms with E-state index < -0.39 is 13.9 Å². The smallest absolute Gasteiger partial charge is 0.427 e. The van der Waals surface area contributed by atoms with Crippen molar-refractivity contribution < 1.29 is 29.7 Å². The van der Waals surface area contributed by atoms with Crippen LogP contribution in [0.2, 0.25) is 0 Å². The number of aliphatic hydroxyl groups excluding tert-OH is 1. The zero-order chi connectivity index (χ0) is 17.0. The Bertz CT molecular complexity index is 730. The van der Waals surface area contributed by atoms with Crippen LogP contribution >= 0.6 is 7.75 Å². The van der Waals surface area contributed by atoms with Gasteiger partial charge in [0.25, 0.3) is 0 Å². The highest BCUT2D eigenvalue weighted by Gasteiger charge is 2.19. The third-order valence-electron chi connectivity index (χ3n) is 3.28. The molecule has 0 aliphatic carbocycles. The number of phenolic OH excluding ortho intramolecular Hbond substituents is 2. The summed E-state index contributed by atoms with van der Waals surface area (Å²) in [6, 6.07) is 10.4. The van der Waals surface area contributed by atoms with Gasteiger partial charge in [-0.05, 0) is 48.7 Å². The molecular formula is C15H18NO6P. The fraction of sp³-hybridized carbons (Fsp3) is 0.200. The topological polar surface area (TPSA) is 130 Å².